The molecular weight excluding hydrogens is 342 g/mol. The Labute approximate surface area is 149 Å². The van der Waals surface area contributed by atoms with Crippen molar-refractivity contribution in [2.45, 2.75) is 31.5 Å². The number of carboxylic acids is 1. The van der Waals surface area contributed by atoms with Crippen molar-refractivity contribution in [3.05, 3.63) is 35.9 Å². The molecule has 0 radical (unpaired) electrons. The normalized spacial score (nSPS) is 21.9. The van der Waals surface area contributed by atoms with E-state index in [1.165, 1.54) is 4.90 Å². The predicted octanol–water partition coefficient (Wildman–Crippen LogP) is 0.793. The molecule has 2 saturated heterocycles. The van der Waals surface area contributed by atoms with Gasteiger partial charge in [0.25, 0.3) is 5.91 Å². The van der Waals surface area contributed by atoms with Gasteiger partial charge in [-0.2, -0.15) is 0 Å². The second-order valence-electron chi connectivity index (χ2n) is 6.18. The predicted molar refractivity (Wildman–Crippen MR) is 88.0 cm³/mol. The molecule has 26 heavy (non-hydrogen) atoms. The van der Waals surface area contributed by atoms with E-state index in [0.717, 1.165) is 10.5 Å². The average Bonchev–Trinajstić information content (AvgIpc) is 3.13. The summed E-state index contributed by atoms with van der Waals surface area (Å²) in [6.45, 7) is 0.377. The van der Waals surface area contributed by atoms with Crippen molar-refractivity contribution < 1.29 is 29.0 Å². The van der Waals surface area contributed by atoms with Crippen molar-refractivity contribution in [1.82, 2.24) is 15.1 Å². The van der Waals surface area contributed by atoms with E-state index >= 15 is 0 Å². The summed E-state index contributed by atoms with van der Waals surface area (Å²) in [6.07, 6.45) is 0.207. The Kier molecular flexibility index (Phi) is 5.06. The van der Waals surface area contributed by atoms with E-state index in [9.17, 15) is 19.2 Å². The Bertz CT molecular complexity index is 722. The molecule has 2 aliphatic heterocycles. The molecule has 0 bridgehead atoms. The summed E-state index contributed by atoms with van der Waals surface area (Å²) >= 11 is 0. The Morgan fingerprint density at radius 3 is 2.62 bits per heavy atom. The quantitative estimate of drug-likeness (QED) is 0.766. The van der Waals surface area contributed by atoms with Crippen LogP contribution in [0.4, 0.5) is 9.59 Å². The van der Waals surface area contributed by atoms with Crippen LogP contribution in [0.25, 0.3) is 0 Å². The molecule has 2 fully saturated rings. The van der Waals surface area contributed by atoms with Crippen molar-refractivity contribution in [1.29, 1.82) is 0 Å². The van der Waals surface area contributed by atoms with Crippen LogP contribution >= 0.6 is 0 Å². The zero-order valence-electron chi connectivity index (χ0n) is 14.0. The minimum atomic E-state index is -1.08. The highest BCUT2D eigenvalue weighted by molar-refractivity contribution is 6.04. The lowest BCUT2D eigenvalue weighted by molar-refractivity contribution is -0.144. The Hall–Kier alpha value is -3.10. The number of imide groups is 1. The minimum Gasteiger partial charge on any atom is -0.480 e. The lowest BCUT2D eigenvalue weighted by atomic mass is 10.1. The van der Waals surface area contributed by atoms with Crippen molar-refractivity contribution in [2.24, 2.45) is 0 Å². The van der Waals surface area contributed by atoms with Gasteiger partial charge in [0.15, 0.2) is 0 Å². The van der Waals surface area contributed by atoms with Gasteiger partial charge in [0.2, 0.25) is 0 Å². The first-order chi connectivity index (χ1) is 12.5. The summed E-state index contributed by atoms with van der Waals surface area (Å²) in [7, 11) is 0. The highest BCUT2D eigenvalue weighted by Crippen LogP contribution is 2.22. The number of ether oxygens (including phenoxy) is 1. The van der Waals surface area contributed by atoms with E-state index < -0.39 is 36.1 Å². The molecule has 1 aromatic carbocycles. The number of hydrogen-bond acceptors (Lipinski definition) is 5. The summed E-state index contributed by atoms with van der Waals surface area (Å²) in [6, 6.07) is 6.71. The molecule has 2 aliphatic rings. The number of aliphatic carboxylic acids is 1. The second kappa shape index (κ2) is 7.42. The van der Waals surface area contributed by atoms with E-state index in [1.54, 1.807) is 12.1 Å². The lowest BCUT2D eigenvalue weighted by Crippen LogP contribution is -2.68. The van der Waals surface area contributed by atoms with E-state index in [0.29, 0.717) is 19.4 Å². The summed E-state index contributed by atoms with van der Waals surface area (Å²) in [5.74, 6) is -1.65. The van der Waals surface area contributed by atoms with Crippen LogP contribution in [0.15, 0.2) is 30.3 Å². The van der Waals surface area contributed by atoms with E-state index in [1.807, 2.05) is 18.2 Å². The van der Waals surface area contributed by atoms with Gasteiger partial charge in [-0.3, -0.25) is 9.69 Å². The standard InChI is InChI=1S/C17H19N3O6/c21-14-12(18-16(24)26-10-11-5-2-1-3-6-11)9-20(14)17(25)19-8-4-7-13(19)15(22)23/h1-3,5-6,12-13H,4,7-10H2,(H,18,24)(H,22,23)/t12-,13+/m0/s1. The summed E-state index contributed by atoms with van der Waals surface area (Å²) in [5, 5.41) is 11.5. The molecule has 0 unspecified atom stereocenters. The SMILES string of the molecule is O=C(N[C@H]1CN(C(=O)N2CCC[C@@H]2C(=O)O)C1=O)OCc1ccccc1. The third-order valence-electron chi connectivity index (χ3n) is 4.45. The number of nitrogens with zero attached hydrogens (tertiary/aromatic N) is 2. The highest BCUT2D eigenvalue weighted by atomic mass is 16.5. The number of likely N-dealkylation sites (tertiary alicyclic amines) is 2. The molecule has 9 nitrogen and oxygen atoms in total. The molecule has 138 valence electrons. The van der Waals surface area contributed by atoms with Gasteiger partial charge < -0.3 is 20.1 Å². The van der Waals surface area contributed by atoms with Crippen LogP contribution < -0.4 is 5.32 Å². The van der Waals surface area contributed by atoms with Gasteiger partial charge >= 0.3 is 18.1 Å². The maximum Gasteiger partial charge on any atom is 0.408 e. The molecule has 2 atom stereocenters. The Morgan fingerprint density at radius 2 is 1.96 bits per heavy atom. The number of nitrogens with one attached hydrogen (secondary N) is 1. The van der Waals surface area contributed by atoms with Crippen molar-refractivity contribution in [3.63, 3.8) is 0 Å². The lowest BCUT2D eigenvalue weighted by Gasteiger charge is -2.39. The average molecular weight is 361 g/mol. The molecule has 9 heteroatoms. The van der Waals surface area contributed by atoms with Crippen LogP contribution in [0, 0.1) is 0 Å². The fourth-order valence-corrected chi connectivity index (χ4v) is 3.02. The van der Waals surface area contributed by atoms with Crippen LogP contribution in [0.3, 0.4) is 0 Å². The number of benzene rings is 1. The largest absolute Gasteiger partial charge is 0.480 e. The van der Waals surface area contributed by atoms with Gasteiger partial charge in [0, 0.05) is 6.54 Å². The minimum absolute atomic E-state index is 0.000935. The molecule has 0 aromatic heterocycles. The van der Waals surface area contributed by atoms with Crippen molar-refractivity contribution >= 4 is 24.0 Å². The number of carbonyl (C=O) groups excluding carboxylic acids is 3. The van der Waals surface area contributed by atoms with Gasteiger partial charge in [-0.15, -0.1) is 0 Å². The first-order valence-electron chi connectivity index (χ1n) is 8.29. The molecule has 2 N–H and O–H groups in total. The monoisotopic (exact) mass is 361 g/mol. The van der Waals surface area contributed by atoms with Gasteiger partial charge in [0.05, 0.1) is 6.54 Å². The van der Waals surface area contributed by atoms with Crippen molar-refractivity contribution in [2.75, 3.05) is 13.1 Å². The third-order valence-corrected chi connectivity index (χ3v) is 4.45. The van der Waals surface area contributed by atoms with Gasteiger partial charge in [-0.25, -0.2) is 14.4 Å². The molecule has 2 heterocycles. The van der Waals surface area contributed by atoms with Crippen LogP contribution in [0.2, 0.25) is 0 Å². The fraction of sp³-hybridized carbons (Fsp3) is 0.412. The number of carbonyl (C=O) groups is 4. The number of hydrogen-bond donors (Lipinski definition) is 2. The number of β-lactam (4-membered cyclic amide) rings is 1. The number of rotatable bonds is 4. The molecule has 4 amide bonds. The zero-order chi connectivity index (χ0) is 18.7. The van der Waals surface area contributed by atoms with Crippen LogP contribution in [-0.4, -0.2) is 64.1 Å². The van der Waals surface area contributed by atoms with Gasteiger partial charge in [-0.1, -0.05) is 30.3 Å². The summed E-state index contributed by atoms with van der Waals surface area (Å²) in [4.78, 5) is 49.5. The summed E-state index contributed by atoms with van der Waals surface area (Å²) in [5.41, 5.74) is 0.813. The molecule has 0 saturated carbocycles. The van der Waals surface area contributed by atoms with Crippen molar-refractivity contribution in [3.8, 4) is 0 Å². The Morgan fingerprint density at radius 1 is 1.23 bits per heavy atom. The smallest absolute Gasteiger partial charge is 0.408 e. The van der Waals surface area contributed by atoms with E-state index in [4.69, 9.17) is 9.84 Å². The number of carboxylic acid groups (broad SMARTS) is 1. The maximum absolute atomic E-state index is 12.3. The van der Waals surface area contributed by atoms with Crippen LogP contribution in [-0.2, 0) is 20.9 Å². The molecule has 3 rings (SSSR count). The van der Waals surface area contributed by atoms with Gasteiger partial charge in [-0.05, 0) is 18.4 Å². The van der Waals surface area contributed by atoms with Crippen LogP contribution in [0.1, 0.15) is 18.4 Å². The Balaban J connectivity index is 1.47. The first kappa shape index (κ1) is 17.7. The summed E-state index contributed by atoms with van der Waals surface area (Å²) < 4.78 is 5.03. The highest BCUT2D eigenvalue weighted by Gasteiger charge is 2.46. The van der Waals surface area contributed by atoms with Crippen LogP contribution in [0.5, 0.6) is 0 Å². The second-order valence-corrected chi connectivity index (χ2v) is 6.18. The molecule has 0 aliphatic carbocycles. The number of amides is 4. The van der Waals surface area contributed by atoms with E-state index in [2.05, 4.69) is 5.32 Å². The molecular formula is C17H19N3O6. The van der Waals surface area contributed by atoms with Gasteiger partial charge in [0.1, 0.15) is 18.7 Å². The molecule has 1 aromatic rings. The molecule has 0 spiro atoms. The fourth-order valence-electron chi connectivity index (χ4n) is 3.02. The number of alkyl carbamates (subject to hydrolysis) is 1. The zero-order valence-corrected chi connectivity index (χ0v) is 14.0. The first-order valence-corrected chi connectivity index (χ1v) is 8.29. The number of urea groups is 1. The third kappa shape index (κ3) is 3.61. The maximum atomic E-state index is 12.3. The topological polar surface area (TPSA) is 116 Å². The van der Waals surface area contributed by atoms with E-state index in [-0.39, 0.29) is 13.2 Å².